The lowest BCUT2D eigenvalue weighted by Crippen LogP contribution is -2.41. The van der Waals surface area contributed by atoms with Crippen LogP contribution in [-0.2, 0) is 17.5 Å². The fourth-order valence-corrected chi connectivity index (χ4v) is 2.08. The molecule has 0 bridgehead atoms. The summed E-state index contributed by atoms with van der Waals surface area (Å²) in [6, 6.07) is 7.53. The van der Waals surface area contributed by atoms with Crippen LogP contribution in [0.1, 0.15) is 25.1 Å². The fraction of sp³-hybridized carbons (Fsp3) is 0.375. The van der Waals surface area contributed by atoms with Crippen molar-refractivity contribution >= 4 is 5.91 Å². The van der Waals surface area contributed by atoms with Crippen molar-refractivity contribution in [1.29, 1.82) is 0 Å². The molecule has 24 heavy (non-hydrogen) atoms. The van der Waals surface area contributed by atoms with Crippen LogP contribution in [0, 0.1) is 0 Å². The van der Waals surface area contributed by atoms with Gasteiger partial charge in [0.2, 0.25) is 5.91 Å². The first-order valence-corrected chi connectivity index (χ1v) is 7.54. The predicted molar refractivity (Wildman–Crippen MR) is 83.6 cm³/mol. The Kier molecular flexibility index (Phi) is 5.61. The molecule has 130 valence electrons. The van der Waals surface area contributed by atoms with Crippen LogP contribution in [0.4, 0.5) is 13.2 Å². The van der Waals surface area contributed by atoms with Gasteiger partial charge in [-0.15, -0.1) is 0 Å². The Morgan fingerprint density at radius 3 is 2.46 bits per heavy atom. The molecule has 1 aromatic heterocycles. The van der Waals surface area contributed by atoms with Crippen LogP contribution in [0.15, 0.2) is 36.5 Å². The van der Waals surface area contributed by atoms with Crippen LogP contribution >= 0.6 is 0 Å². The van der Waals surface area contributed by atoms with Gasteiger partial charge >= 0.3 is 6.18 Å². The molecule has 0 radical (unpaired) electrons. The molecule has 0 saturated carbocycles. The number of hydrogen-bond acceptors (Lipinski definition) is 3. The van der Waals surface area contributed by atoms with Gasteiger partial charge in [0, 0.05) is 19.3 Å². The molecule has 0 aliphatic rings. The molecule has 1 heterocycles. The maximum absolute atomic E-state index is 12.6. The van der Waals surface area contributed by atoms with Crippen LogP contribution in [0.5, 0.6) is 0 Å². The zero-order chi connectivity index (χ0) is 17.7. The number of alkyl halides is 3. The summed E-state index contributed by atoms with van der Waals surface area (Å²) in [5.41, 5.74) is 0.521. The Morgan fingerprint density at radius 2 is 1.92 bits per heavy atom. The summed E-state index contributed by atoms with van der Waals surface area (Å²) in [6.45, 7) is 4.67. The first-order valence-electron chi connectivity index (χ1n) is 7.54. The molecule has 0 spiro atoms. The lowest BCUT2D eigenvalue weighted by Gasteiger charge is -2.13. The van der Waals surface area contributed by atoms with Crippen molar-refractivity contribution in [2.24, 2.45) is 0 Å². The molecule has 0 aliphatic carbocycles. The van der Waals surface area contributed by atoms with Crippen molar-refractivity contribution in [3.8, 4) is 5.69 Å². The van der Waals surface area contributed by atoms with E-state index in [2.05, 4.69) is 15.7 Å². The molecule has 2 N–H and O–H groups in total. The third-order valence-electron chi connectivity index (χ3n) is 3.44. The number of nitrogens with one attached hydrogen (secondary N) is 2. The molecule has 0 saturated heterocycles. The molecule has 1 atom stereocenters. The van der Waals surface area contributed by atoms with Gasteiger partial charge in [-0.25, -0.2) is 4.68 Å². The Balaban J connectivity index is 1.98. The highest BCUT2D eigenvalue weighted by atomic mass is 19.4. The van der Waals surface area contributed by atoms with Gasteiger partial charge in [-0.3, -0.25) is 4.79 Å². The molecular formula is C16H19F3N4O. The number of aromatic nitrogens is 2. The summed E-state index contributed by atoms with van der Waals surface area (Å²) in [6.07, 6.45) is -3.18. The normalized spacial score (nSPS) is 12.9. The SMILES string of the molecule is CCNC(=O)C(C)NCc1ccc(-n2ccc(C(F)(F)F)n2)cc1. The van der Waals surface area contributed by atoms with Gasteiger partial charge in [0.25, 0.3) is 0 Å². The van der Waals surface area contributed by atoms with Gasteiger partial charge in [0.15, 0.2) is 5.69 Å². The topological polar surface area (TPSA) is 59.0 Å². The van der Waals surface area contributed by atoms with Crippen molar-refractivity contribution in [3.05, 3.63) is 47.8 Å². The second-order valence-electron chi connectivity index (χ2n) is 5.31. The third kappa shape index (κ3) is 4.58. The molecular weight excluding hydrogens is 321 g/mol. The number of halogens is 3. The van der Waals surface area contributed by atoms with E-state index in [4.69, 9.17) is 0 Å². The quantitative estimate of drug-likeness (QED) is 0.849. The summed E-state index contributed by atoms with van der Waals surface area (Å²) in [4.78, 5) is 11.6. The molecule has 0 aliphatic heterocycles. The average Bonchev–Trinajstić information content (AvgIpc) is 3.03. The van der Waals surface area contributed by atoms with Gasteiger partial charge in [0.1, 0.15) is 0 Å². The average molecular weight is 340 g/mol. The third-order valence-corrected chi connectivity index (χ3v) is 3.44. The first-order chi connectivity index (χ1) is 11.3. The number of likely N-dealkylation sites (N-methyl/N-ethyl adjacent to an activating group) is 1. The minimum absolute atomic E-state index is 0.0784. The van der Waals surface area contributed by atoms with E-state index >= 15 is 0 Å². The Hall–Kier alpha value is -2.35. The maximum atomic E-state index is 12.6. The number of nitrogens with zero attached hydrogens (tertiary/aromatic N) is 2. The van der Waals surface area contributed by atoms with Crippen molar-refractivity contribution < 1.29 is 18.0 Å². The minimum Gasteiger partial charge on any atom is -0.355 e. The van der Waals surface area contributed by atoms with Crippen molar-refractivity contribution in [2.75, 3.05) is 6.54 Å². The van der Waals surface area contributed by atoms with Crippen molar-refractivity contribution in [3.63, 3.8) is 0 Å². The van der Waals surface area contributed by atoms with Crippen LogP contribution in [0.3, 0.4) is 0 Å². The summed E-state index contributed by atoms with van der Waals surface area (Å²) < 4.78 is 38.9. The Morgan fingerprint density at radius 1 is 1.25 bits per heavy atom. The van der Waals surface area contributed by atoms with E-state index in [1.807, 2.05) is 6.92 Å². The Bertz CT molecular complexity index is 679. The molecule has 1 amide bonds. The molecule has 0 fully saturated rings. The highest BCUT2D eigenvalue weighted by Crippen LogP contribution is 2.27. The monoisotopic (exact) mass is 340 g/mol. The van der Waals surface area contributed by atoms with Crippen LogP contribution < -0.4 is 10.6 Å². The van der Waals surface area contributed by atoms with Crippen LogP contribution in [-0.4, -0.2) is 28.3 Å². The highest BCUT2D eigenvalue weighted by molar-refractivity contribution is 5.81. The van der Waals surface area contributed by atoms with Gasteiger partial charge < -0.3 is 10.6 Å². The highest BCUT2D eigenvalue weighted by Gasteiger charge is 2.33. The Labute approximate surface area is 137 Å². The van der Waals surface area contributed by atoms with Gasteiger partial charge in [0.05, 0.1) is 11.7 Å². The zero-order valence-corrected chi connectivity index (χ0v) is 13.4. The van der Waals surface area contributed by atoms with E-state index < -0.39 is 11.9 Å². The number of amides is 1. The lowest BCUT2D eigenvalue weighted by molar-refractivity contribution is -0.141. The van der Waals surface area contributed by atoms with E-state index in [1.54, 1.807) is 31.2 Å². The van der Waals surface area contributed by atoms with Crippen LogP contribution in [0.2, 0.25) is 0 Å². The zero-order valence-electron chi connectivity index (χ0n) is 13.4. The number of rotatable bonds is 6. The maximum Gasteiger partial charge on any atom is 0.435 e. The summed E-state index contributed by atoms with van der Waals surface area (Å²) in [5.74, 6) is -0.0784. The number of hydrogen-bond donors (Lipinski definition) is 2. The van der Waals surface area contributed by atoms with E-state index in [9.17, 15) is 18.0 Å². The smallest absolute Gasteiger partial charge is 0.355 e. The molecule has 1 unspecified atom stereocenters. The predicted octanol–water partition coefficient (Wildman–Crippen LogP) is 2.51. The second-order valence-corrected chi connectivity index (χ2v) is 5.31. The van der Waals surface area contributed by atoms with Crippen LogP contribution in [0.25, 0.3) is 5.69 Å². The summed E-state index contributed by atoms with van der Waals surface area (Å²) >= 11 is 0. The van der Waals surface area contributed by atoms with Gasteiger partial charge in [-0.1, -0.05) is 12.1 Å². The lowest BCUT2D eigenvalue weighted by atomic mass is 10.2. The molecule has 2 aromatic rings. The number of benzene rings is 1. The summed E-state index contributed by atoms with van der Waals surface area (Å²) in [5, 5.41) is 9.33. The molecule has 5 nitrogen and oxygen atoms in total. The summed E-state index contributed by atoms with van der Waals surface area (Å²) in [7, 11) is 0. The molecule has 2 rings (SSSR count). The first kappa shape index (κ1) is 18.0. The van der Waals surface area contributed by atoms with Crippen molar-refractivity contribution in [2.45, 2.75) is 32.6 Å². The number of carbonyl (C=O) groups is 1. The van der Waals surface area contributed by atoms with Gasteiger partial charge in [-0.2, -0.15) is 18.3 Å². The standard InChI is InChI=1S/C16H19F3N4O/c1-3-20-15(24)11(2)21-10-12-4-6-13(7-5-12)23-9-8-14(22-23)16(17,18)19/h4-9,11,21H,3,10H2,1-2H3,(H,20,24). The van der Waals surface area contributed by atoms with E-state index in [1.165, 1.54) is 10.9 Å². The fourth-order valence-electron chi connectivity index (χ4n) is 2.08. The van der Waals surface area contributed by atoms with E-state index in [0.29, 0.717) is 18.8 Å². The largest absolute Gasteiger partial charge is 0.435 e. The number of carbonyl (C=O) groups excluding carboxylic acids is 1. The minimum atomic E-state index is -4.45. The molecule has 8 heteroatoms. The van der Waals surface area contributed by atoms with Gasteiger partial charge in [-0.05, 0) is 37.6 Å². The van der Waals surface area contributed by atoms with E-state index in [0.717, 1.165) is 11.6 Å². The second kappa shape index (κ2) is 7.48. The van der Waals surface area contributed by atoms with E-state index in [-0.39, 0.29) is 11.9 Å². The van der Waals surface area contributed by atoms with Crippen molar-refractivity contribution in [1.82, 2.24) is 20.4 Å². The molecule has 1 aromatic carbocycles.